The van der Waals surface area contributed by atoms with E-state index < -0.39 is 6.09 Å². The van der Waals surface area contributed by atoms with Gasteiger partial charge in [0.05, 0.1) is 12.2 Å². The van der Waals surface area contributed by atoms with Gasteiger partial charge in [-0.05, 0) is 68.7 Å². The number of cyclic esters (lactones) is 1. The number of anilines is 2. The Morgan fingerprint density at radius 3 is 2.83 bits per heavy atom. The summed E-state index contributed by atoms with van der Waals surface area (Å²) < 4.78 is 16.8. The van der Waals surface area contributed by atoms with Crippen LogP contribution in [0.15, 0.2) is 54.6 Å². The summed E-state index contributed by atoms with van der Waals surface area (Å²) in [4.78, 5) is 37.1. The molecular weight excluding hydrogens is 524 g/mol. The van der Waals surface area contributed by atoms with Gasteiger partial charge in [0.1, 0.15) is 18.5 Å². The number of pyridine rings is 2. The minimum atomic E-state index is -0.451. The normalized spacial score (nSPS) is 18.5. The fourth-order valence-corrected chi connectivity index (χ4v) is 5.24. The number of carbonyl (C=O) groups excluding carboxylic acids is 2. The standard InChI is InChI=1S/C30H34N6O5/c37-27-20-40-25-9-10-26(33-29(25)34-27)36-19-23(41-30(36)38)11-12-31-18-21-5-3-6-22(17-21)24-7-4-8-28(32-24)39-16-15-35-13-1-2-14-35/h3-10,17,23,31H,1-2,11-16,18-20H2,(H,33,34,37)/t23-/m0/s1. The van der Waals surface area contributed by atoms with Crippen LogP contribution in [0, 0.1) is 0 Å². The number of ether oxygens (including phenoxy) is 3. The summed E-state index contributed by atoms with van der Waals surface area (Å²) in [5, 5.41) is 6.12. The van der Waals surface area contributed by atoms with Crippen molar-refractivity contribution in [2.24, 2.45) is 0 Å². The number of hydrogen-bond acceptors (Lipinski definition) is 9. The molecule has 2 N–H and O–H groups in total. The van der Waals surface area contributed by atoms with Gasteiger partial charge >= 0.3 is 6.09 Å². The van der Waals surface area contributed by atoms with Gasteiger partial charge in [-0.1, -0.05) is 24.3 Å². The van der Waals surface area contributed by atoms with Crippen molar-refractivity contribution < 1.29 is 23.8 Å². The summed E-state index contributed by atoms with van der Waals surface area (Å²) >= 11 is 0. The molecule has 0 aliphatic carbocycles. The third kappa shape index (κ3) is 6.75. The van der Waals surface area contributed by atoms with E-state index in [0.29, 0.717) is 55.9 Å². The Balaban J connectivity index is 0.972. The van der Waals surface area contributed by atoms with Crippen molar-refractivity contribution in [1.29, 1.82) is 0 Å². The largest absolute Gasteiger partial charge is 0.480 e. The minimum Gasteiger partial charge on any atom is -0.480 e. The second kappa shape index (κ2) is 12.5. The highest BCUT2D eigenvalue weighted by atomic mass is 16.6. The first-order valence-electron chi connectivity index (χ1n) is 14.1. The maximum Gasteiger partial charge on any atom is 0.415 e. The molecule has 3 aromatic rings. The number of benzene rings is 1. The molecule has 3 aliphatic heterocycles. The fraction of sp³-hybridized carbons (Fsp3) is 0.400. The average molecular weight is 559 g/mol. The van der Waals surface area contributed by atoms with Crippen LogP contribution in [0.25, 0.3) is 11.3 Å². The smallest absolute Gasteiger partial charge is 0.415 e. The molecule has 2 aromatic heterocycles. The lowest BCUT2D eigenvalue weighted by Gasteiger charge is -2.19. The molecule has 5 heterocycles. The van der Waals surface area contributed by atoms with Crippen LogP contribution in [0.5, 0.6) is 11.6 Å². The number of nitrogens with one attached hydrogen (secondary N) is 2. The molecule has 214 valence electrons. The Labute approximate surface area is 238 Å². The summed E-state index contributed by atoms with van der Waals surface area (Å²) in [6.07, 6.45) is 2.50. The van der Waals surface area contributed by atoms with Gasteiger partial charge in [0.15, 0.2) is 18.2 Å². The second-order valence-electron chi connectivity index (χ2n) is 10.4. The maximum absolute atomic E-state index is 12.5. The van der Waals surface area contributed by atoms with Gasteiger partial charge in [-0.3, -0.25) is 14.6 Å². The monoisotopic (exact) mass is 558 g/mol. The summed E-state index contributed by atoms with van der Waals surface area (Å²) in [7, 11) is 0. The van der Waals surface area contributed by atoms with Crippen molar-refractivity contribution in [3.63, 3.8) is 0 Å². The van der Waals surface area contributed by atoms with E-state index in [0.717, 1.165) is 36.5 Å². The Morgan fingerprint density at radius 2 is 1.93 bits per heavy atom. The number of hydrogen-bond donors (Lipinski definition) is 2. The third-order valence-corrected chi connectivity index (χ3v) is 7.39. The van der Waals surface area contributed by atoms with Crippen LogP contribution >= 0.6 is 0 Å². The van der Waals surface area contributed by atoms with Crippen molar-refractivity contribution >= 4 is 23.6 Å². The molecule has 0 saturated carbocycles. The van der Waals surface area contributed by atoms with Gasteiger partial charge in [0.25, 0.3) is 5.91 Å². The van der Waals surface area contributed by atoms with E-state index in [1.807, 2.05) is 24.3 Å². The van der Waals surface area contributed by atoms with Crippen LogP contribution in [0.2, 0.25) is 0 Å². The number of likely N-dealkylation sites (tertiary alicyclic amines) is 1. The summed E-state index contributed by atoms with van der Waals surface area (Å²) in [6.45, 7) is 5.60. The second-order valence-corrected chi connectivity index (χ2v) is 10.4. The molecule has 2 amide bonds. The zero-order valence-corrected chi connectivity index (χ0v) is 22.9. The zero-order chi connectivity index (χ0) is 28.0. The molecule has 11 nitrogen and oxygen atoms in total. The number of nitrogens with zero attached hydrogens (tertiary/aromatic N) is 4. The topological polar surface area (TPSA) is 118 Å². The number of rotatable bonds is 11. The molecule has 6 rings (SSSR count). The molecule has 0 bridgehead atoms. The van der Waals surface area contributed by atoms with Crippen molar-refractivity contribution in [3.8, 4) is 22.9 Å². The molecule has 2 saturated heterocycles. The van der Waals surface area contributed by atoms with Crippen molar-refractivity contribution in [3.05, 3.63) is 60.2 Å². The molecule has 2 fully saturated rings. The highest BCUT2D eigenvalue weighted by Gasteiger charge is 2.33. The predicted octanol–water partition coefficient (Wildman–Crippen LogP) is 3.45. The van der Waals surface area contributed by atoms with E-state index in [9.17, 15) is 9.59 Å². The Kier molecular flexibility index (Phi) is 8.24. The van der Waals surface area contributed by atoms with Gasteiger partial charge in [-0.25, -0.2) is 14.8 Å². The number of aromatic nitrogens is 2. The number of carbonyl (C=O) groups is 2. The van der Waals surface area contributed by atoms with Crippen molar-refractivity contribution in [1.82, 2.24) is 20.2 Å². The molecule has 0 spiro atoms. The summed E-state index contributed by atoms with van der Waals surface area (Å²) in [5.41, 5.74) is 3.05. The maximum atomic E-state index is 12.5. The fourth-order valence-electron chi connectivity index (χ4n) is 5.24. The Bertz CT molecular complexity index is 1400. The van der Waals surface area contributed by atoms with Crippen LogP contribution in [-0.2, 0) is 16.1 Å². The van der Waals surface area contributed by atoms with Gasteiger partial charge in [-0.2, -0.15) is 0 Å². The van der Waals surface area contributed by atoms with Crippen LogP contribution < -0.4 is 25.0 Å². The molecule has 41 heavy (non-hydrogen) atoms. The lowest BCUT2D eigenvalue weighted by atomic mass is 10.1. The molecule has 1 atom stereocenters. The zero-order valence-electron chi connectivity index (χ0n) is 22.9. The number of fused-ring (bicyclic) bond motifs is 1. The SMILES string of the molecule is O=C1COc2ccc(N3C[C@H](CCNCc4cccc(-c5cccc(OCCN6CCCC6)n5)c4)OC3=O)nc2N1. The minimum absolute atomic E-state index is 0.0444. The first-order chi connectivity index (χ1) is 20.1. The Morgan fingerprint density at radius 1 is 1.05 bits per heavy atom. The first-order valence-corrected chi connectivity index (χ1v) is 14.1. The van der Waals surface area contributed by atoms with E-state index in [4.69, 9.17) is 19.2 Å². The van der Waals surface area contributed by atoms with Crippen molar-refractivity contribution in [2.45, 2.75) is 31.9 Å². The number of amides is 2. The lowest BCUT2D eigenvalue weighted by molar-refractivity contribution is -0.118. The third-order valence-electron chi connectivity index (χ3n) is 7.39. The van der Waals surface area contributed by atoms with Crippen LogP contribution in [0.1, 0.15) is 24.8 Å². The van der Waals surface area contributed by atoms with Gasteiger partial charge < -0.3 is 24.8 Å². The van der Waals surface area contributed by atoms with Crippen LogP contribution in [-0.4, -0.2) is 78.9 Å². The van der Waals surface area contributed by atoms with Gasteiger partial charge in [0, 0.05) is 24.7 Å². The lowest BCUT2D eigenvalue weighted by Crippen LogP contribution is -2.29. The predicted molar refractivity (Wildman–Crippen MR) is 153 cm³/mol. The van der Waals surface area contributed by atoms with E-state index in [1.165, 1.54) is 17.7 Å². The molecule has 3 aliphatic rings. The van der Waals surface area contributed by atoms with Gasteiger partial charge in [-0.15, -0.1) is 0 Å². The van der Waals surface area contributed by atoms with E-state index in [1.54, 1.807) is 12.1 Å². The molecule has 1 aromatic carbocycles. The molecule has 11 heteroatoms. The van der Waals surface area contributed by atoms with Crippen molar-refractivity contribution in [2.75, 3.05) is 56.2 Å². The van der Waals surface area contributed by atoms with E-state index in [2.05, 4.69) is 38.7 Å². The Hall–Kier alpha value is -4.22. The quantitative estimate of drug-likeness (QED) is 0.341. The van der Waals surface area contributed by atoms with Crippen LogP contribution in [0.4, 0.5) is 16.4 Å². The molecular formula is C30H34N6O5. The van der Waals surface area contributed by atoms with E-state index >= 15 is 0 Å². The van der Waals surface area contributed by atoms with E-state index in [-0.39, 0.29) is 18.6 Å². The first kappa shape index (κ1) is 27.0. The average Bonchev–Trinajstić information content (AvgIpc) is 3.65. The molecule has 0 radical (unpaired) electrons. The van der Waals surface area contributed by atoms with Crippen LogP contribution in [0.3, 0.4) is 0 Å². The van der Waals surface area contributed by atoms with Gasteiger partial charge in [0.2, 0.25) is 5.88 Å². The highest BCUT2D eigenvalue weighted by molar-refractivity contribution is 5.95. The summed E-state index contributed by atoms with van der Waals surface area (Å²) in [6, 6.07) is 17.6. The molecule has 0 unspecified atom stereocenters. The highest BCUT2D eigenvalue weighted by Crippen LogP contribution is 2.30. The summed E-state index contributed by atoms with van der Waals surface area (Å²) in [5.74, 6) is 1.58.